The van der Waals surface area contributed by atoms with Crippen molar-refractivity contribution in [2.24, 2.45) is 10.2 Å². The molecule has 1 heterocycles. The van der Waals surface area contributed by atoms with Crippen LogP contribution in [0.5, 0.6) is 11.5 Å². The Morgan fingerprint density at radius 1 is 1.06 bits per heavy atom. The molecule has 3 aromatic rings. The molecule has 1 saturated heterocycles. The first-order valence-electron chi connectivity index (χ1n) is 9.88. The largest absolute Gasteiger partial charge is 0.497 e. The van der Waals surface area contributed by atoms with Gasteiger partial charge in [0.25, 0.3) is 0 Å². The predicted octanol–water partition coefficient (Wildman–Crippen LogP) is 4.71. The molecule has 0 saturated carbocycles. The third-order valence-corrected chi connectivity index (χ3v) is 6.18. The lowest BCUT2D eigenvalue weighted by molar-refractivity contribution is -0.126. The fraction of sp³-hybridized carbons (Fsp3) is 0.208. The molecule has 4 rings (SSSR count). The number of amides is 1. The molecule has 0 aliphatic carbocycles. The molecule has 1 amide bonds. The minimum absolute atomic E-state index is 0.0360. The van der Waals surface area contributed by atoms with E-state index >= 15 is 0 Å². The summed E-state index contributed by atoms with van der Waals surface area (Å²) in [6.45, 7) is 2.35. The van der Waals surface area contributed by atoms with E-state index in [9.17, 15) is 4.79 Å². The van der Waals surface area contributed by atoms with E-state index in [1.165, 1.54) is 11.8 Å². The highest BCUT2D eigenvalue weighted by Crippen LogP contribution is 2.30. The molecule has 3 aromatic carbocycles. The van der Waals surface area contributed by atoms with E-state index in [0.29, 0.717) is 23.2 Å². The normalized spacial score (nSPS) is 17.8. The number of hydrogen-bond donors (Lipinski definition) is 0. The van der Waals surface area contributed by atoms with Crippen LogP contribution in [0.1, 0.15) is 18.1 Å². The van der Waals surface area contributed by atoms with Crippen LogP contribution in [-0.2, 0) is 11.3 Å². The van der Waals surface area contributed by atoms with Crippen LogP contribution < -0.4 is 9.47 Å². The van der Waals surface area contributed by atoms with Gasteiger partial charge in [0, 0.05) is 11.6 Å². The second-order valence-electron chi connectivity index (χ2n) is 7.06. The van der Waals surface area contributed by atoms with Gasteiger partial charge < -0.3 is 9.47 Å². The second-order valence-corrected chi connectivity index (χ2v) is 8.37. The summed E-state index contributed by atoms with van der Waals surface area (Å²) in [6.07, 6.45) is 1.62. The van der Waals surface area contributed by atoms with Crippen LogP contribution in [0.2, 0.25) is 0 Å². The average Bonchev–Trinajstić information content (AvgIpc) is 3.07. The van der Waals surface area contributed by atoms with Gasteiger partial charge in [0.05, 0.1) is 32.2 Å². The number of carbonyl (C=O) groups excluding carboxylic acids is 1. The van der Waals surface area contributed by atoms with Crippen molar-refractivity contribution in [3.63, 3.8) is 0 Å². The van der Waals surface area contributed by atoms with Crippen molar-refractivity contribution in [1.82, 2.24) is 4.90 Å². The molecule has 0 aromatic heterocycles. The number of amidine groups is 1. The third kappa shape index (κ3) is 4.41. The Morgan fingerprint density at radius 3 is 2.68 bits per heavy atom. The Kier molecular flexibility index (Phi) is 6.23. The number of rotatable bonds is 6. The van der Waals surface area contributed by atoms with Crippen molar-refractivity contribution in [2.75, 3.05) is 14.2 Å². The molecular formula is C24H23N3O3S. The maximum absolute atomic E-state index is 12.8. The summed E-state index contributed by atoms with van der Waals surface area (Å²) >= 11 is 1.42. The molecule has 6 nitrogen and oxygen atoms in total. The van der Waals surface area contributed by atoms with Crippen LogP contribution in [0.15, 0.2) is 70.9 Å². The zero-order valence-electron chi connectivity index (χ0n) is 17.6. The number of fused-ring (bicyclic) bond motifs is 1. The van der Waals surface area contributed by atoms with Gasteiger partial charge >= 0.3 is 0 Å². The average molecular weight is 434 g/mol. The summed E-state index contributed by atoms with van der Waals surface area (Å²) in [6, 6.07) is 19.8. The highest BCUT2D eigenvalue weighted by molar-refractivity contribution is 8.15. The summed E-state index contributed by atoms with van der Waals surface area (Å²) in [5.74, 6) is 1.38. The van der Waals surface area contributed by atoms with Gasteiger partial charge in [-0.1, -0.05) is 54.2 Å². The van der Waals surface area contributed by atoms with Gasteiger partial charge in [-0.15, -0.1) is 5.10 Å². The van der Waals surface area contributed by atoms with Gasteiger partial charge in [0.15, 0.2) is 5.17 Å². The summed E-state index contributed by atoms with van der Waals surface area (Å²) < 4.78 is 10.6. The van der Waals surface area contributed by atoms with Gasteiger partial charge in [-0.05, 0) is 35.4 Å². The molecular weight excluding hydrogens is 410 g/mol. The lowest BCUT2D eigenvalue weighted by Crippen LogP contribution is -2.30. The molecule has 0 spiro atoms. The number of nitrogens with zero attached hydrogens (tertiary/aromatic N) is 3. The van der Waals surface area contributed by atoms with E-state index in [2.05, 4.69) is 28.4 Å². The summed E-state index contributed by atoms with van der Waals surface area (Å²) in [7, 11) is 3.20. The van der Waals surface area contributed by atoms with Crippen LogP contribution in [0.3, 0.4) is 0 Å². The predicted molar refractivity (Wildman–Crippen MR) is 126 cm³/mol. The molecule has 0 unspecified atom stereocenters. The summed E-state index contributed by atoms with van der Waals surface area (Å²) in [4.78, 5) is 14.5. The Hall–Kier alpha value is -3.32. The smallest absolute Gasteiger partial charge is 0.242 e. The molecule has 1 fully saturated rings. The van der Waals surface area contributed by atoms with Gasteiger partial charge in [-0.2, -0.15) is 5.10 Å². The molecule has 31 heavy (non-hydrogen) atoms. The third-order valence-electron chi connectivity index (χ3n) is 5.12. The lowest BCUT2D eigenvalue weighted by Gasteiger charge is -2.17. The quantitative estimate of drug-likeness (QED) is 0.417. The standard InChI is InChI=1S/C24H23N3O3S/c1-16-23(28)27(15-19-9-6-8-17-7-4-5-10-21(17)19)24(31-16)26-25-14-18-11-12-20(29-2)13-22(18)30-3/h4-14,16H,15H2,1-3H3/b25-14-,26-24+/t16-/m0/s1. The number of ether oxygens (including phenoxy) is 2. The summed E-state index contributed by atoms with van der Waals surface area (Å²) in [5.41, 5.74) is 1.85. The maximum atomic E-state index is 12.8. The number of thioether (sulfide) groups is 1. The molecule has 158 valence electrons. The van der Waals surface area contributed by atoms with Crippen LogP contribution in [0.4, 0.5) is 0 Å². The van der Waals surface area contributed by atoms with Crippen LogP contribution in [-0.4, -0.2) is 41.7 Å². The molecule has 1 aliphatic rings. The van der Waals surface area contributed by atoms with Gasteiger partial charge in [-0.3, -0.25) is 9.69 Å². The van der Waals surface area contributed by atoms with Crippen molar-refractivity contribution in [3.05, 3.63) is 71.8 Å². The van der Waals surface area contributed by atoms with Crippen molar-refractivity contribution < 1.29 is 14.3 Å². The number of benzene rings is 3. The molecule has 0 radical (unpaired) electrons. The van der Waals surface area contributed by atoms with Crippen molar-refractivity contribution >= 4 is 39.8 Å². The van der Waals surface area contributed by atoms with Crippen molar-refractivity contribution in [2.45, 2.75) is 18.7 Å². The minimum atomic E-state index is -0.195. The number of hydrogen-bond acceptors (Lipinski definition) is 6. The maximum Gasteiger partial charge on any atom is 0.242 e. The van der Waals surface area contributed by atoms with Crippen molar-refractivity contribution in [3.8, 4) is 11.5 Å². The molecule has 1 aliphatic heterocycles. The SMILES string of the molecule is COc1ccc(/C=N\N=C2\S[C@@H](C)C(=O)N2Cc2cccc3ccccc23)c(OC)c1. The van der Waals surface area contributed by atoms with E-state index in [1.54, 1.807) is 31.4 Å². The molecule has 0 N–H and O–H groups in total. The first-order valence-corrected chi connectivity index (χ1v) is 10.8. The van der Waals surface area contributed by atoms with Gasteiger partial charge in [-0.25, -0.2) is 0 Å². The van der Waals surface area contributed by atoms with E-state index in [1.807, 2.05) is 43.3 Å². The van der Waals surface area contributed by atoms with Gasteiger partial charge in [0.2, 0.25) is 5.91 Å². The van der Waals surface area contributed by atoms with E-state index in [-0.39, 0.29) is 11.2 Å². The summed E-state index contributed by atoms with van der Waals surface area (Å²) in [5, 5.41) is 11.3. The molecule has 0 bridgehead atoms. The van der Waals surface area contributed by atoms with E-state index in [4.69, 9.17) is 9.47 Å². The Bertz CT molecular complexity index is 1170. The topological polar surface area (TPSA) is 63.5 Å². The molecule has 1 atom stereocenters. The molecule has 7 heteroatoms. The zero-order chi connectivity index (χ0) is 21.8. The number of carbonyl (C=O) groups is 1. The Labute approximate surface area is 185 Å². The van der Waals surface area contributed by atoms with Crippen molar-refractivity contribution in [1.29, 1.82) is 0 Å². The first kappa shape index (κ1) is 20.9. The monoisotopic (exact) mass is 433 g/mol. The van der Waals surface area contributed by atoms with E-state index < -0.39 is 0 Å². The second kappa shape index (κ2) is 9.22. The fourth-order valence-corrected chi connectivity index (χ4v) is 4.40. The number of methoxy groups -OCH3 is 2. The van der Waals surface area contributed by atoms with Crippen LogP contribution in [0, 0.1) is 0 Å². The lowest BCUT2D eigenvalue weighted by atomic mass is 10.0. The highest BCUT2D eigenvalue weighted by atomic mass is 32.2. The zero-order valence-corrected chi connectivity index (χ0v) is 18.4. The van der Waals surface area contributed by atoms with Crippen LogP contribution in [0.25, 0.3) is 10.8 Å². The van der Waals surface area contributed by atoms with Crippen LogP contribution >= 0.6 is 11.8 Å². The Balaban J connectivity index is 1.60. The first-order chi connectivity index (χ1) is 15.1. The minimum Gasteiger partial charge on any atom is -0.497 e. The Morgan fingerprint density at radius 2 is 1.87 bits per heavy atom. The fourth-order valence-electron chi connectivity index (χ4n) is 3.48. The highest BCUT2D eigenvalue weighted by Gasteiger charge is 2.35. The van der Waals surface area contributed by atoms with Gasteiger partial charge in [0.1, 0.15) is 11.5 Å². The van der Waals surface area contributed by atoms with E-state index in [0.717, 1.165) is 21.9 Å².